The van der Waals surface area contributed by atoms with Gasteiger partial charge in [0.15, 0.2) is 0 Å². The molecular formula is C15H26N2O2. The van der Waals surface area contributed by atoms with Crippen molar-refractivity contribution >= 4 is 6.09 Å². The third-order valence-electron chi connectivity index (χ3n) is 3.81. The zero-order chi connectivity index (χ0) is 14.0. The second-order valence-corrected chi connectivity index (χ2v) is 6.70. The maximum Gasteiger partial charge on any atom is 0.410 e. The average molecular weight is 266 g/mol. The SMILES string of the molecule is CN1CC=C([C@@H]2CCN(C(=O)OC(C)(C)C)C2)CC1. The van der Waals surface area contributed by atoms with Crippen LogP contribution in [0.1, 0.15) is 33.6 Å². The van der Waals surface area contributed by atoms with Crippen LogP contribution in [0.25, 0.3) is 0 Å². The molecule has 2 heterocycles. The maximum absolute atomic E-state index is 12.0. The van der Waals surface area contributed by atoms with Crippen LogP contribution in [0.5, 0.6) is 0 Å². The van der Waals surface area contributed by atoms with E-state index in [0.29, 0.717) is 5.92 Å². The van der Waals surface area contributed by atoms with Crippen molar-refractivity contribution in [2.75, 3.05) is 33.2 Å². The summed E-state index contributed by atoms with van der Waals surface area (Å²) in [5.41, 5.74) is 1.13. The van der Waals surface area contributed by atoms with E-state index in [1.807, 2.05) is 25.7 Å². The number of carbonyl (C=O) groups excluding carboxylic acids is 1. The molecule has 0 bridgehead atoms. The summed E-state index contributed by atoms with van der Waals surface area (Å²) in [5, 5.41) is 0. The van der Waals surface area contributed by atoms with E-state index < -0.39 is 5.60 Å². The molecule has 0 aliphatic carbocycles. The van der Waals surface area contributed by atoms with Crippen LogP contribution in [-0.2, 0) is 4.74 Å². The highest BCUT2D eigenvalue weighted by Crippen LogP contribution is 2.28. The van der Waals surface area contributed by atoms with Gasteiger partial charge in [-0.25, -0.2) is 4.79 Å². The molecule has 0 N–H and O–H groups in total. The lowest BCUT2D eigenvalue weighted by molar-refractivity contribution is 0.0290. The minimum absolute atomic E-state index is 0.163. The second-order valence-electron chi connectivity index (χ2n) is 6.70. The standard InChI is InChI=1S/C15H26N2O2/c1-15(2,3)19-14(18)17-10-7-13(11-17)12-5-8-16(4)9-6-12/h5,13H,6-11H2,1-4H3/t13-/m1/s1. The van der Waals surface area contributed by atoms with Gasteiger partial charge in [-0.05, 0) is 46.6 Å². The van der Waals surface area contributed by atoms with E-state index in [1.165, 1.54) is 5.57 Å². The summed E-state index contributed by atoms with van der Waals surface area (Å²) < 4.78 is 5.43. The number of likely N-dealkylation sites (tertiary alicyclic amines) is 1. The van der Waals surface area contributed by atoms with Crippen molar-refractivity contribution in [3.05, 3.63) is 11.6 Å². The predicted octanol–water partition coefficient (Wildman–Crippen LogP) is 2.51. The Kier molecular flexibility index (Phi) is 4.19. The molecule has 1 atom stereocenters. The lowest BCUT2D eigenvalue weighted by Crippen LogP contribution is -2.35. The Balaban J connectivity index is 1.88. The van der Waals surface area contributed by atoms with E-state index in [2.05, 4.69) is 18.0 Å². The number of nitrogens with zero attached hydrogens (tertiary/aromatic N) is 2. The van der Waals surface area contributed by atoms with Gasteiger partial charge in [0.05, 0.1) is 0 Å². The highest BCUT2D eigenvalue weighted by Gasteiger charge is 2.31. The topological polar surface area (TPSA) is 32.8 Å². The summed E-state index contributed by atoms with van der Waals surface area (Å²) in [6.45, 7) is 9.57. The van der Waals surface area contributed by atoms with Crippen molar-refractivity contribution in [1.82, 2.24) is 9.80 Å². The first-order chi connectivity index (χ1) is 8.85. The zero-order valence-electron chi connectivity index (χ0n) is 12.6. The highest BCUT2D eigenvalue weighted by molar-refractivity contribution is 5.68. The zero-order valence-corrected chi connectivity index (χ0v) is 12.6. The summed E-state index contributed by atoms with van der Waals surface area (Å²) in [6, 6.07) is 0. The van der Waals surface area contributed by atoms with E-state index in [9.17, 15) is 4.79 Å². The fourth-order valence-corrected chi connectivity index (χ4v) is 2.71. The molecule has 1 saturated heterocycles. The van der Waals surface area contributed by atoms with Gasteiger partial charge < -0.3 is 14.5 Å². The van der Waals surface area contributed by atoms with Gasteiger partial charge in [0.2, 0.25) is 0 Å². The molecule has 2 aliphatic heterocycles. The molecule has 19 heavy (non-hydrogen) atoms. The minimum atomic E-state index is -0.401. The van der Waals surface area contributed by atoms with Crippen molar-refractivity contribution in [2.24, 2.45) is 5.92 Å². The van der Waals surface area contributed by atoms with Crippen LogP contribution < -0.4 is 0 Å². The summed E-state index contributed by atoms with van der Waals surface area (Å²) in [7, 11) is 2.15. The van der Waals surface area contributed by atoms with Crippen molar-refractivity contribution < 1.29 is 9.53 Å². The average Bonchev–Trinajstić information content (AvgIpc) is 2.77. The molecule has 4 nitrogen and oxygen atoms in total. The molecule has 4 heteroatoms. The first kappa shape index (κ1) is 14.4. The molecule has 0 radical (unpaired) electrons. The van der Waals surface area contributed by atoms with Gasteiger partial charge in [0, 0.05) is 26.2 Å². The minimum Gasteiger partial charge on any atom is -0.444 e. The van der Waals surface area contributed by atoms with E-state index in [1.54, 1.807) is 0 Å². The monoisotopic (exact) mass is 266 g/mol. The Labute approximate surface area is 116 Å². The molecule has 1 fully saturated rings. The third kappa shape index (κ3) is 3.96. The van der Waals surface area contributed by atoms with E-state index >= 15 is 0 Å². The van der Waals surface area contributed by atoms with Crippen molar-refractivity contribution in [1.29, 1.82) is 0 Å². The Morgan fingerprint density at radius 1 is 1.37 bits per heavy atom. The van der Waals surface area contributed by atoms with Crippen molar-refractivity contribution in [2.45, 2.75) is 39.2 Å². The molecular weight excluding hydrogens is 240 g/mol. The van der Waals surface area contributed by atoms with Gasteiger partial charge in [-0.15, -0.1) is 0 Å². The molecule has 2 aliphatic rings. The molecule has 0 aromatic rings. The highest BCUT2D eigenvalue weighted by atomic mass is 16.6. The Morgan fingerprint density at radius 3 is 2.68 bits per heavy atom. The summed E-state index contributed by atoms with van der Waals surface area (Å²) in [4.78, 5) is 16.2. The second kappa shape index (κ2) is 5.53. The Hall–Kier alpha value is -1.03. The number of rotatable bonds is 1. The molecule has 1 amide bonds. The number of hydrogen-bond acceptors (Lipinski definition) is 3. The Morgan fingerprint density at radius 2 is 2.11 bits per heavy atom. The third-order valence-corrected chi connectivity index (χ3v) is 3.81. The molecule has 0 aromatic heterocycles. The van der Waals surface area contributed by atoms with Gasteiger partial charge >= 0.3 is 6.09 Å². The Bertz CT molecular complexity index is 371. The quantitative estimate of drug-likeness (QED) is 0.684. The first-order valence-corrected chi connectivity index (χ1v) is 7.20. The maximum atomic E-state index is 12.0. The van der Waals surface area contributed by atoms with Gasteiger partial charge in [-0.2, -0.15) is 0 Å². The van der Waals surface area contributed by atoms with Crippen molar-refractivity contribution in [3.8, 4) is 0 Å². The molecule has 0 aromatic carbocycles. The number of ether oxygens (including phenoxy) is 1. The number of carbonyl (C=O) groups is 1. The molecule has 108 valence electrons. The molecule has 2 rings (SSSR count). The molecule has 0 saturated carbocycles. The fraction of sp³-hybridized carbons (Fsp3) is 0.800. The van der Waals surface area contributed by atoms with Crippen LogP contribution in [0.3, 0.4) is 0 Å². The summed E-state index contributed by atoms with van der Waals surface area (Å²) >= 11 is 0. The van der Waals surface area contributed by atoms with Crippen LogP contribution in [0.4, 0.5) is 4.79 Å². The van der Waals surface area contributed by atoms with Crippen molar-refractivity contribution in [3.63, 3.8) is 0 Å². The van der Waals surface area contributed by atoms with E-state index in [-0.39, 0.29) is 6.09 Å². The van der Waals surface area contributed by atoms with Crippen LogP contribution in [0, 0.1) is 5.92 Å². The lowest BCUT2D eigenvalue weighted by atomic mass is 9.93. The van der Waals surface area contributed by atoms with E-state index in [0.717, 1.165) is 39.0 Å². The van der Waals surface area contributed by atoms with Gasteiger partial charge in [-0.3, -0.25) is 0 Å². The normalized spacial score (nSPS) is 25.4. The van der Waals surface area contributed by atoms with Crippen LogP contribution in [-0.4, -0.2) is 54.7 Å². The lowest BCUT2D eigenvalue weighted by Gasteiger charge is -2.26. The van der Waals surface area contributed by atoms with Crippen LogP contribution in [0.2, 0.25) is 0 Å². The van der Waals surface area contributed by atoms with Crippen LogP contribution in [0.15, 0.2) is 11.6 Å². The number of likely N-dealkylation sites (N-methyl/N-ethyl adjacent to an activating group) is 1. The summed E-state index contributed by atoms with van der Waals surface area (Å²) in [5.74, 6) is 0.543. The smallest absolute Gasteiger partial charge is 0.410 e. The first-order valence-electron chi connectivity index (χ1n) is 7.20. The van der Waals surface area contributed by atoms with Gasteiger partial charge in [-0.1, -0.05) is 11.6 Å². The predicted molar refractivity (Wildman–Crippen MR) is 76.1 cm³/mol. The number of amides is 1. The van der Waals surface area contributed by atoms with E-state index in [4.69, 9.17) is 4.74 Å². The number of hydrogen-bond donors (Lipinski definition) is 0. The van der Waals surface area contributed by atoms with Gasteiger partial charge in [0.1, 0.15) is 5.60 Å². The van der Waals surface area contributed by atoms with Crippen LogP contribution >= 0.6 is 0 Å². The molecule has 0 unspecified atom stereocenters. The largest absolute Gasteiger partial charge is 0.444 e. The fourth-order valence-electron chi connectivity index (χ4n) is 2.71. The summed E-state index contributed by atoms with van der Waals surface area (Å²) in [6.07, 6.45) is 4.40. The van der Waals surface area contributed by atoms with Gasteiger partial charge in [0.25, 0.3) is 0 Å². The molecule has 0 spiro atoms.